The smallest absolute Gasteiger partial charge is 0.0193 e. The fraction of sp³-hybridized carbons (Fsp3) is 0.500. The van der Waals surface area contributed by atoms with Crippen LogP contribution in [0.4, 0.5) is 0 Å². The first-order chi connectivity index (χ1) is 5.77. The molecule has 0 aliphatic rings. The van der Waals surface area contributed by atoms with E-state index in [1.165, 1.54) is 17.5 Å². The van der Waals surface area contributed by atoms with Crippen molar-refractivity contribution in [3.05, 3.63) is 35.4 Å². The summed E-state index contributed by atoms with van der Waals surface area (Å²) >= 11 is 0. The Hall–Kier alpha value is -0.780. The van der Waals surface area contributed by atoms with Crippen LogP contribution < -0.4 is 0 Å². The Kier molecular flexibility index (Phi) is 3.33. The summed E-state index contributed by atoms with van der Waals surface area (Å²) in [6.07, 6.45) is 2.37. The van der Waals surface area contributed by atoms with E-state index in [0.29, 0.717) is 5.92 Å². The molecule has 0 unspecified atom stereocenters. The van der Waals surface area contributed by atoms with E-state index in [9.17, 15) is 0 Å². The van der Waals surface area contributed by atoms with Crippen LogP contribution in [0.25, 0.3) is 0 Å². The van der Waals surface area contributed by atoms with Crippen LogP contribution in [0, 0.1) is 0 Å². The standard InChI is InChI=1S/C12H18/c1-4-10(3)12-8-6-7-11(5-2)9-12/h6-10H,4-5H2,1-3H3/t10-/m1/s1. The van der Waals surface area contributed by atoms with Gasteiger partial charge in [0, 0.05) is 0 Å². The molecule has 1 aromatic carbocycles. The monoisotopic (exact) mass is 162 g/mol. The minimum absolute atomic E-state index is 0.705. The molecule has 0 aliphatic heterocycles. The maximum atomic E-state index is 2.33. The minimum Gasteiger partial charge on any atom is -0.0648 e. The lowest BCUT2D eigenvalue weighted by molar-refractivity contribution is 0.732. The van der Waals surface area contributed by atoms with Gasteiger partial charge in [0.25, 0.3) is 0 Å². The number of aryl methyl sites for hydroxylation is 1. The maximum Gasteiger partial charge on any atom is -0.0193 e. The SMILES string of the molecule is CCc1cccc([C@H](C)CC)c1. The molecule has 0 heteroatoms. The quantitative estimate of drug-likeness (QED) is 0.634. The lowest BCUT2D eigenvalue weighted by Crippen LogP contribution is -1.92. The molecule has 0 amide bonds. The molecular weight excluding hydrogens is 144 g/mol. The average Bonchev–Trinajstić information content (AvgIpc) is 2.17. The highest BCUT2D eigenvalue weighted by atomic mass is 14.1. The summed E-state index contributed by atoms with van der Waals surface area (Å²) in [5.41, 5.74) is 2.93. The molecule has 0 aliphatic carbocycles. The summed E-state index contributed by atoms with van der Waals surface area (Å²) in [6.45, 7) is 6.73. The van der Waals surface area contributed by atoms with Crippen molar-refractivity contribution in [2.24, 2.45) is 0 Å². The topological polar surface area (TPSA) is 0 Å². The van der Waals surface area contributed by atoms with Crippen LogP contribution in [-0.4, -0.2) is 0 Å². The zero-order valence-electron chi connectivity index (χ0n) is 8.30. The summed E-state index contributed by atoms with van der Waals surface area (Å²) < 4.78 is 0. The van der Waals surface area contributed by atoms with Gasteiger partial charge in [-0.05, 0) is 29.9 Å². The Morgan fingerprint density at radius 1 is 1.25 bits per heavy atom. The molecule has 0 N–H and O–H groups in total. The molecule has 12 heavy (non-hydrogen) atoms. The van der Waals surface area contributed by atoms with Crippen molar-refractivity contribution >= 4 is 0 Å². The van der Waals surface area contributed by atoms with Crippen molar-refractivity contribution in [2.45, 2.75) is 39.5 Å². The molecule has 0 nitrogen and oxygen atoms in total. The van der Waals surface area contributed by atoms with Gasteiger partial charge >= 0.3 is 0 Å². The van der Waals surface area contributed by atoms with Gasteiger partial charge in [0.1, 0.15) is 0 Å². The Bertz CT molecular complexity index is 238. The fourth-order valence-electron chi connectivity index (χ4n) is 1.36. The van der Waals surface area contributed by atoms with Crippen LogP contribution in [-0.2, 0) is 6.42 Å². The molecule has 0 saturated carbocycles. The van der Waals surface area contributed by atoms with Gasteiger partial charge in [-0.2, -0.15) is 0 Å². The van der Waals surface area contributed by atoms with E-state index in [-0.39, 0.29) is 0 Å². The number of hydrogen-bond acceptors (Lipinski definition) is 0. The van der Waals surface area contributed by atoms with Crippen LogP contribution in [0.3, 0.4) is 0 Å². The first-order valence-electron chi connectivity index (χ1n) is 4.86. The second-order valence-electron chi connectivity index (χ2n) is 3.41. The van der Waals surface area contributed by atoms with Gasteiger partial charge in [-0.15, -0.1) is 0 Å². The lowest BCUT2D eigenvalue weighted by Gasteiger charge is -2.09. The third-order valence-electron chi connectivity index (χ3n) is 2.54. The van der Waals surface area contributed by atoms with Gasteiger partial charge in [-0.1, -0.05) is 45.0 Å². The van der Waals surface area contributed by atoms with Crippen molar-refractivity contribution in [1.29, 1.82) is 0 Å². The van der Waals surface area contributed by atoms with E-state index in [1.807, 2.05) is 0 Å². The molecule has 1 rings (SSSR count). The van der Waals surface area contributed by atoms with Gasteiger partial charge in [-0.25, -0.2) is 0 Å². The molecular formula is C12H18. The van der Waals surface area contributed by atoms with E-state index in [1.54, 1.807) is 0 Å². The van der Waals surface area contributed by atoms with Crippen LogP contribution in [0.5, 0.6) is 0 Å². The third kappa shape index (κ3) is 2.10. The van der Waals surface area contributed by atoms with Gasteiger partial charge in [0.15, 0.2) is 0 Å². The third-order valence-corrected chi connectivity index (χ3v) is 2.54. The lowest BCUT2D eigenvalue weighted by atomic mass is 9.96. The highest BCUT2D eigenvalue weighted by molar-refractivity contribution is 5.25. The first-order valence-corrected chi connectivity index (χ1v) is 4.86. The number of hydrogen-bond donors (Lipinski definition) is 0. The summed E-state index contributed by atoms with van der Waals surface area (Å²) in [7, 11) is 0. The minimum atomic E-state index is 0.705. The van der Waals surface area contributed by atoms with E-state index in [2.05, 4.69) is 45.0 Å². The highest BCUT2D eigenvalue weighted by Crippen LogP contribution is 2.19. The molecule has 0 saturated heterocycles. The van der Waals surface area contributed by atoms with Crippen molar-refractivity contribution < 1.29 is 0 Å². The van der Waals surface area contributed by atoms with E-state index in [0.717, 1.165) is 6.42 Å². The first kappa shape index (κ1) is 9.31. The Morgan fingerprint density at radius 3 is 2.58 bits per heavy atom. The molecule has 0 fully saturated rings. The van der Waals surface area contributed by atoms with Crippen molar-refractivity contribution in [3.8, 4) is 0 Å². The number of rotatable bonds is 3. The van der Waals surface area contributed by atoms with Gasteiger partial charge in [0.2, 0.25) is 0 Å². The molecule has 0 heterocycles. The zero-order valence-corrected chi connectivity index (χ0v) is 8.30. The summed E-state index contributed by atoms with van der Waals surface area (Å²) in [6, 6.07) is 8.92. The Morgan fingerprint density at radius 2 is 2.00 bits per heavy atom. The molecule has 66 valence electrons. The molecule has 1 aromatic rings. The highest BCUT2D eigenvalue weighted by Gasteiger charge is 2.01. The summed E-state index contributed by atoms with van der Waals surface area (Å²) in [4.78, 5) is 0. The second-order valence-corrected chi connectivity index (χ2v) is 3.41. The second kappa shape index (κ2) is 4.30. The van der Waals surface area contributed by atoms with Crippen LogP contribution in [0.15, 0.2) is 24.3 Å². The Labute approximate surface area is 75.6 Å². The number of benzene rings is 1. The molecule has 0 bridgehead atoms. The van der Waals surface area contributed by atoms with E-state index in [4.69, 9.17) is 0 Å². The van der Waals surface area contributed by atoms with Crippen molar-refractivity contribution in [3.63, 3.8) is 0 Å². The van der Waals surface area contributed by atoms with Crippen LogP contribution >= 0.6 is 0 Å². The van der Waals surface area contributed by atoms with E-state index >= 15 is 0 Å². The molecule has 1 atom stereocenters. The predicted octanol–water partition coefficient (Wildman–Crippen LogP) is 3.76. The van der Waals surface area contributed by atoms with Crippen molar-refractivity contribution in [1.82, 2.24) is 0 Å². The average molecular weight is 162 g/mol. The normalized spacial score (nSPS) is 12.9. The predicted molar refractivity (Wildman–Crippen MR) is 54.5 cm³/mol. The summed E-state index contributed by atoms with van der Waals surface area (Å²) in [5, 5.41) is 0. The molecule has 0 aromatic heterocycles. The van der Waals surface area contributed by atoms with Gasteiger partial charge in [-0.3, -0.25) is 0 Å². The maximum absolute atomic E-state index is 2.33. The van der Waals surface area contributed by atoms with Gasteiger partial charge < -0.3 is 0 Å². The molecule has 0 spiro atoms. The largest absolute Gasteiger partial charge is 0.0648 e. The van der Waals surface area contributed by atoms with Gasteiger partial charge in [0.05, 0.1) is 0 Å². The van der Waals surface area contributed by atoms with Crippen LogP contribution in [0.2, 0.25) is 0 Å². The Balaban J connectivity index is 2.86. The summed E-state index contributed by atoms with van der Waals surface area (Å²) in [5.74, 6) is 0.705. The van der Waals surface area contributed by atoms with Crippen molar-refractivity contribution in [2.75, 3.05) is 0 Å². The molecule has 0 radical (unpaired) electrons. The fourth-order valence-corrected chi connectivity index (χ4v) is 1.36. The zero-order chi connectivity index (χ0) is 8.97. The van der Waals surface area contributed by atoms with Crippen LogP contribution in [0.1, 0.15) is 44.2 Å². The van der Waals surface area contributed by atoms with E-state index < -0.39 is 0 Å².